The lowest BCUT2D eigenvalue weighted by molar-refractivity contribution is 0.101. The molecule has 0 bridgehead atoms. The molecule has 0 radical (unpaired) electrons. The molecule has 0 aliphatic heterocycles. The van der Waals surface area contributed by atoms with Crippen molar-refractivity contribution in [1.82, 2.24) is 4.98 Å². The van der Waals surface area contributed by atoms with Gasteiger partial charge in [-0.1, -0.05) is 31.0 Å². The van der Waals surface area contributed by atoms with E-state index in [9.17, 15) is 4.79 Å². The molecule has 0 spiro atoms. The molecule has 30 heavy (non-hydrogen) atoms. The number of para-hydroxylation sites is 1. The summed E-state index contributed by atoms with van der Waals surface area (Å²) in [5.41, 5.74) is 4.10. The fourth-order valence-corrected chi connectivity index (χ4v) is 3.75. The van der Waals surface area contributed by atoms with Crippen LogP contribution >= 0.6 is 0 Å². The lowest BCUT2D eigenvalue weighted by atomic mass is 10.1. The minimum absolute atomic E-state index is 0.102. The molecule has 2 N–H and O–H groups in total. The second-order valence-corrected chi connectivity index (χ2v) is 7.70. The summed E-state index contributed by atoms with van der Waals surface area (Å²) in [5.74, 6) is 1.02. The number of hydrogen-bond acceptors (Lipinski definition) is 3. The molecule has 4 nitrogen and oxygen atoms in total. The van der Waals surface area contributed by atoms with Crippen molar-refractivity contribution in [2.45, 2.75) is 32.6 Å². The van der Waals surface area contributed by atoms with E-state index < -0.39 is 0 Å². The summed E-state index contributed by atoms with van der Waals surface area (Å²) in [6.07, 6.45) is 4.50. The number of anilines is 1. The highest BCUT2D eigenvalue weighted by Crippen LogP contribution is 2.28. The first-order valence-electron chi connectivity index (χ1n) is 10.7. The minimum atomic E-state index is 0.102. The molecular formula is C26H28N2O2. The molecule has 0 atom stereocenters. The fourth-order valence-electron chi connectivity index (χ4n) is 3.75. The minimum Gasteiger partial charge on any atom is -0.494 e. The lowest BCUT2D eigenvalue weighted by Gasteiger charge is -2.08. The van der Waals surface area contributed by atoms with Gasteiger partial charge in [-0.3, -0.25) is 4.79 Å². The van der Waals surface area contributed by atoms with E-state index in [-0.39, 0.29) is 5.78 Å². The topological polar surface area (TPSA) is 54.1 Å². The van der Waals surface area contributed by atoms with Crippen LogP contribution in [0.2, 0.25) is 0 Å². The third kappa shape index (κ3) is 4.82. The highest BCUT2D eigenvalue weighted by atomic mass is 16.5. The molecule has 4 heteroatoms. The summed E-state index contributed by atoms with van der Waals surface area (Å²) in [7, 11) is 0. The zero-order chi connectivity index (χ0) is 20.8. The maximum absolute atomic E-state index is 11.3. The average Bonchev–Trinajstić information content (AvgIpc) is 3.13. The molecule has 0 unspecified atom stereocenters. The van der Waals surface area contributed by atoms with Crippen LogP contribution in [0, 0.1) is 0 Å². The Balaban J connectivity index is 1.14. The first-order valence-corrected chi connectivity index (χ1v) is 10.7. The van der Waals surface area contributed by atoms with Crippen molar-refractivity contribution in [3.63, 3.8) is 0 Å². The van der Waals surface area contributed by atoms with Crippen molar-refractivity contribution in [3.05, 3.63) is 72.3 Å². The van der Waals surface area contributed by atoms with Crippen molar-refractivity contribution in [2.24, 2.45) is 0 Å². The molecule has 0 saturated carbocycles. The van der Waals surface area contributed by atoms with E-state index in [1.807, 2.05) is 24.3 Å². The van der Waals surface area contributed by atoms with E-state index in [4.69, 9.17) is 4.74 Å². The molecular weight excluding hydrogens is 372 g/mol. The van der Waals surface area contributed by atoms with E-state index in [0.29, 0.717) is 0 Å². The Labute approximate surface area is 177 Å². The molecule has 1 aromatic heterocycles. The zero-order valence-corrected chi connectivity index (χ0v) is 17.4. The fraction of sp³-hybridized carbons (Fsp3) is 0.269. The normalized spacial score (nSPS) is 11.1. The van der Waals surface area contributed by atoms with Crippen LogP contribution < -0.4 is 10.1 Å². The predicted octanol–water partition coefficient (Wildman–Crippen LogP) is 6.58. The Kier molecular flexibility index (Phi) is 6.33. The zero-order valence-electron chi connectivity index (χ0n) is 17.4. The Morgan fingerprint density at radius 1 is 0.867 bits per heavy atom. The molecule has 4 rings (SSSR count). The van der Waals surface area contributed by atoms with Gasteiger partial charge in [0.25, 0.3) is 0 Å². The van der Waals surface area contributed by atoms with Crippen LogP contribution in [0.25, 0.3) is 21.8 Å². The molecule has 3 aromatic carbocycles. The number of rotatable bonds is 10. The third-order valence-corrected chi connectivity index (χ3v) is 5.44. The van der Waals surface area contributed by atoms with Crippen LogP contribution in [-0.2, 0) is 0 Å². The van der Waals surface area contributed by atoms with E-state index in [1.165, 1.54) is 17.2 Å². The number of benzene rings is 3. The summed E-state index contributed by atoms with van der Waals surface area (Å²) in [6.45, 7) is 3.27. The molecule has 1 heterocycles. The number of H-pyrrole nitrogens is 1. The van der Waals surface area contributed by atoms with Crippen molar-refractivity contribution >= 4 is 33.3 Å². The first-order chi connectivity index (χ1) is 14.7. The van der Waals surface area contributed by atoms with Gasteiger partial charge in [0.05, 0.1) is 12.1 Å². The van der Waals surface area contributed by atoms with Gasteiger partial charge in [0.1, 0.15) is 5.75 Å². The number of aromatic amines is 1. The highest BCUT2D eigenvalue weighted by Gasteiger charge is 2.05. The van der Waals surface area contributed by atoms with E-state index >= 15 is 0 Å². The number of fused-ring (bicyclic) bond motifs is 3. The van der Waals surface area contributed by atoms with Crippen LogP contribution in [0.1, 0.15) is 43.0 Å². The highest BCUT2D eigenvalue weighted by molar-refractivity contribution is 6.07. The van der Waals surface area contributed by atoms with Crippen molar-refractivity contribution < 1.29 is 9.53 Å². The van der Waals surface area contributed by atoms with E-state index in [1.54, 1.807) is 6.92 Å². The number of Topliss-reactive ketones (excluding diaryl/α,β-unsaturated/α-hetero) is 1. The Morgan fingerprint density at radius 3 is 2.47 bits per heavy atom. The van der Waals surface area contributed by atoms with Crippen LogP contribution in [0.3, 0.4) is 0 Å². The van der Waals surface area contributed by atoms with E-state index in [0.717, 1.165) is 60.4 Å². The van der Waals surface area contributed by atoms with Gasteiger partial charge in [0, 0.05) is 40.2 Å². The van der Waals surface area contributed by atoms with E-state index in [2.05, 4.69) is 52.8 Å². The van der Waals surface area contributed by atoms with Crippen LogP contribution in [0.15, 0.2) is 66.7 Å². The number of nitrogens with one attached hydrogen (secondary N) is 2. The Bertz CT molecular complexity index is 1130. The number of carbonyl (C=O) groups is 1. The number of hydrogen-bond donors (Lipinski definition) is 2. The summed E-state index contributed by atoms with van der Waals surface area (Å²) in [5, 5.41) is 5.90. The maximum Gasteiger partial charge on any atom is 0.159 e. The number of ketones is 1. The summed E-state index contributed by atoms with van der Waals surface area (Å²) < 4.78 is 5.95. The Hall–Kier alpha value is -3.27. The third-order valence-electron chi connectivity index (χ3n) is 5.44. The Morgan fingerprint density at radius 2 is 1.63 bits per heavy atom. The van der Waals surface area contributed by atoms with Gasteiger partial charge in [-0.15, -0.1) is 0 Å². The second kappa shape index (κ2) is 9.49. The maximum atomic E-state index is 11.3. The monoisotopic (exact) mass is 400 g/mol. The quantitative estimate of drug-likeness (QED) is 0.234. The molecule has 0 amide bonds. The largest absolute Gasteiger partial charge is 0.494 e. The number of aromatic nitrogens is 1. The van der Waals surface area contributed by atoms with Gasteiger partial charge in [0.15, 0.2) is 5.78 Å². The van der Waals surface area contributed by atoms with Gasteiger partial charge in [-0.05, 0) is 62.2 Å². The van der Waals surface area contributed by atoms with Gasteiger partial charge >= 0.3 is 0 Å². The van der Waals surface area contributed by atoms with Gasteiger partial charge < -0.3 is 15.0 Å². The van der Waals surface area contributed by atoms with Gasteiger partial charge in [-0.2, -0.15) is 0 Å². The molecule has 4 aromatic rings. The molecule has 0 fully saturated rings. The summed E-state index contributed by atoms with van der Waals surface area (Å²) in [6, 6.07) is 22.3. The van der Waals surface area contributed by atoms with Crippen LogP contribution in [0.5, 0.6) is 5.75 Å². The molecule has 0 saturated heterocycles. The summed E-state index contributed by atoms with van der Waals surface area (Å²) >= 11 is 0. The van der Waals surface area contributed by atoms with Crippen molar-refractivity contribution in [1.29, 1.82) is 0 Å². The molecule has 0 aliphatic carbocycles. The van der Waals surface area contributed by atoms with Crippen LogP contribution in [-0.4, -0.2) is 23.9 Å². The smallest absolute Gasteiger partial charge is 0.159 e. The molecule has 154 valence electrons. The SMILES string of the molecule is CC(=O)c1ccc(NCCCCCCOc2ccc3c(c2)[nH]c2ccccc23)cc1. The van der Waals surface area contributed by atoms with Crippen molar-refractivity contribution in [2.75, 3.05) is 18.5 Å². The molecule has 0 aliphatic rings. The average molecular weight is 401 g/mol. The second-order valence-electron chi connectivity index (χ2n) is 7.70. The number of unbranched alkanes of at least 4 members (excludes halogenated alkanes) is 3. The summed E-state index contributed by atoms with van der Waals surface area (Å²) in [4.78, 5) is 14.8. The van der Waals surface area contributed by atoms with Crippen molar-refractivity contribution in [3.8, 4) is 5.75 Å². The first kappa shape index (κ1) is 20.0. The number of carbonyl (C=O) groups excluding carboxylic acids is 1. The number of ether oxygens (including phenoxy) is 1. The standard InChI is InChI=1S/C26H28N2O2/c1-19(29)20-10-12-21(13-11-20)27-16-6-2-3-7-17-30-22-14-15-24-23-8-4-5-9-25(23)28-26(24)18-22/h4-5,8-15,18,27-28H,2-3,6-7,16-17H2,1H3. The van der Waals surface area contributed by atoms with Gasteiger partial charge in [-0.25, -0.2) is 0 Å². The lowest BCUT2D eigenvalue weighted by Crippen LogP contribution is -2.02. The van der Waals surface area contributed by atoms with Crippen LogP contribution in [0.4, 0.5) is 5.69 Å². The van der Waals surface area contributed by atoms with Gasteiger partial charge in [0.2, 0.25) is 0 Å². The predicted molar refractivity (Wildman–Crippen MR) is 125 cm³/mol.